The Morgan fingerprint density at radius 2 is 1.90 bits per heavy atom. The van der Waals surface area contributed by atoms with Crippen LogP contribution in [0.15, 0.2) is 0 Å². The average molecular weight is 277 g/mol. The molecule has 5 heteroatoms. The summed E-state index contributed by atoms with van der Waals surface area (Å²) in [5.41, 5.74) is 9.30. The molecule has 0 saturated heterocycles. The van der Waals surface area contributed by atoms with Gasteiger partial charge in [0.2, 0.25) is 5.95 Å². The van der Waals surface area contributed by atoms with Gasteiger partial charge in [0, 0.05) is 13.1 Å². The van der Waals surface area contributed by atoms with E-state index in [-0.39, 0.29) is 0 Å². The quantitative estimate of drug-likeness (QED) is 0.843. The fourth-order valence-corrected chi connectivity index (χ4v) is 2.99. The minimum atomic E-state index is 0.435. The Hall–Kier alpha value is -1.52. The fraction of sp³-hybridized carbons (Fsp3) is 0.733. The van der Waals surface area contributed by atoms with Crippen molar-refractivity contribution in [2.24, 2.45) is 7.05 Å². The number of nitrogens with zero attached hydrogens (tertiary/aromatic N) is 4. The number of imidazole rings is 1. The first-order valence-corrected chi connectivity index (χ1v) is 7.83. The first-order valence-electron chi connectivity index (χ1n) is 7.83. The van der Waals surface area contributed by atoms with Gasteiger partial charge in [0.05, 0.1) is 5.69 Å². The third kappa shape index (κ3) is 2.53. The second-order valence-corrected chi connectivity index (χ2v) is 5.52. The van der Waals surface area contributed by atoms with Crippen molar-refractivity contribution in [2.45, 2.75) is 65.3 Å². The van der Waals surface area contributed by atoms with Gasteiger partial charge < -0.3 is 5.73 Å². The standard InChI is InChI=1S/C15H27N5/c1-5-8-10-11(9-6-2)20-14-13(17-15(20)16)12(7-3)18-19(14)4/h11H,5-10H2,1-4H3,(H2,16,17). The Labute approximate surface area is 121 Å². The van der Waals surface area contributed by atoms with Gasteiger partial charge in [0.15, 0.2) is 5.65 Å². The molecule has 0 spiro atoms. The van der Waals surface area contributed by atoms with E-state index in [1.54, 1.807) is 0 Å². The van der Waals surface area contributed by atoms with Crippen LogP contribution in [0.3, 0.4) is 0 Å². The molecule has 2 N–H and O–H groups in total. The van der Waals surface area contributed by atoms with Crippen LogP contribution in [0.25, 0.3) is 11.2 Å². The molecule has 0 aliphatic rings. The van der Waals surface area contributed by atoms with Crippen LogP contribution in [0.4, 0.5) is 5.95 Å². The van der Waals surface area contributed by atoms with Crippen molar-refractivity contribution in [3.63, 3.8) is 0 Å². The number of anilines is 1. The summed E-state index contributed by atoms with van der Waals surface area (Å²) < 4.78 is 4.15. The van der Waals surface area contributed by atoms with E-state index in [9.17, 15) is 0 Å². The van der Waals surface area contributed by atoms with Crippen molar-refractivity contribution in [1.82, 2.24) is 19.3 Å². The Balaban J connectivity index is 2.50. The third-order valence-corrected chi connectivity index (χ3v) is 3.98. The molecule has 0 saturated carbocycles. The minimum absolute atomic E-state index is 0.435. The van der Waals surface area contributed by atoms with Crippen molar-refractivity contribution in [3.8, 4) is 0 Å². The van der Waals surface area contributed by atoms with Gasteiger partial charge in [-0.15, -0.1) is 0 Å². The maximum absolute atomic E-state index is 6.20. The molecule has 1 atom stereocenters. The predicted molar refractivity (Wildman–Crippen MR) is 83.8 cm³/mol. The lowest BCUT2D eigenvalue weighted by molar-refractivity contribution is 0.425. The van der Waals surface area contributed by atoms with Gasteiger partial charge in [-0.1, -0.05) is 40.0 Å². The number of nitrogen functional groups attached to an aromatic ring is 1. The number of aromatic nitrogens is 4. The van der Waals surface area contributed by atoms with Crippen molar-refractivity contribution >= 4 is 17.1 Å². The molecule has 1 unspecified atom stereocenters. The van der Waals surface area contributed by atoms with E-state index in [1.165, 1.54) is 12.8 Å². The monoisotopic (exact) mass is 277 g/mol. The van der Waals surface area contributed by atoms with Gasteiger partial charge in [0.1, 0.15) is 5.52 Å². The molecule has 2 aromatic rings. The van der Waals surface area contributed by atoms with E-state index in [2.05, 4.69) is 35.4 Å². The highest BCUT2D eigenvalue weighted by Crippen LogP contribution is 2.30. The highest BCUT2D eigenvalue weighted by molar-refractivity contribution is 5.78. The molecular formula is C15H27N5. The highest BCUT2D eigenvalue weighted by atomic mass is 15.4. The van der Waals surface area contributed by atoms with Crippen molar-refractivity contribution in [1.29, 1.82) is 0 Å². The first kappa shape index (κ1) is 14.9. The van der Waals surface area contributed by atoms with Crippen LogP contribution in [-0.2, 0) is 13.5 Å². The van der Waals surface area contributed by atoms with E-state index in [1.807, 2.05) is 11.7 Å². The summed E-state index contributed by atoms with van der Waals surface area (Å²) in [5, 5.41) is 4.57. The lowest BCUT2D eigenvalue weighted by atomic mass is 10.0. The van der Waals surface area contributed by atoms with Crippen molar-refractivity contribution in [2.75, 3.05) is 5.73 Å². The molecule has 2 rings (SSSR count). The number of fused-ring (bicyclic) bond motifs is 1. The zero-order valence-corrected chi connectivity index (χ0v) is 13.2. The summed E-state index contributed by atoms with van der Waals surface area (Å²) in [5.74, 6) is 0.636. The van der Waals surface area contributed by atoms with Crippen LogP contribution in [0.1, 0.15) is 64.6 Å². The Morgan fingerprint density at radius 1 is 1.15 bits per heavy atom. The van der Waals surface area contributed by atoms with E-state index >= 15 is 0 Å². The lowest BCUT2D eigenvalue weighted by Gasteiger charge is -2.20. The molecule has 0 radical (unpaired) electrons. The number of aryl methyl sites for hydroxylation is 2. The van der Waals surface area contributed by atoms with Crippen LogP contribution >= 0.6 is 0 Å². The first-order chi connectivity index (χ1) is 9.63. The van der Waals surface area contributed by atoms with Crippen LogP contribution in [0.5, 0.6) is 0 Å². The molecule has 0 fully saturated rings. The highest BCUT2D eigenvalue weighted by Gasteiger charge is 2.22. The van der Waals surface area contributed by atoms with Gasteiger partial charge in [-0.05, 0) is 19.3 Å². The SMILES string of the molecule is CCCCC(CCC)n1c(N)nc2c(CC)nn(C)c21. The van der Waals surface area contributed by atoms with Crippen LogP contribution in [0, 0.1) is 0 Å². The van der Waals surface area contributed by atoms with Gasteiger partial charge in [0.25, 0.3) is 0 Å². The number of nitrogens with two attached hydrogens (primary N) is 1. The molecule has 0 bridgehead atoms. The summed E-state index contributed by atoms with van der Waals surface area (Å²) >= 11 is 0. The molecular weight excluding hydrogens is 250 g/mol. The average Bonchev–Trinajstić information content (AvgIpc) is 2.92. The fourth-order valence-electron chi connectivity index (χ4n) is 2.99. The van der Waals surface area contributed by atoms with E-state index < -0.39 is 0 Å². The Bertz CT molecular complexity index is 566. The lowest BCUT2D eigenvalue weighted by Crippen LogP contribution is -2.14. The summed E-state index contributed by atoms with van der Waals surface area (Å²) in [7, 11) is 1.99. The zero-order valence-electron chi connectivity index (χ0n) is 13.2. The van der Waals surface area contributed by atoms with Gasteiger partial charge >= 0.3 is 0 Å². The van der Waals surface area contributed by atoms with Crippen LogP contribution in [0.2, 0.25) is 0 Å². The van der Waals surface area contributed by atoms with Gasteiger partial charge in [-0.2, -0.15) is 5.10 Å². The predicted octanol–water partition coefficient (Wildman–Crippen LogP) is 3.45. The van der Waals surface area contributed by atoms with Crippen LogP contribution in [-0.4, -0.2) is 19.3 Å². The van der Waals surface area contributed by atoms with Gasteiger partial charge in [-0.3, -0.25) is 9.25 Å². The van der Waals surface area contributed by atoms with Gasteiger partial charge in [-0.25, -0.2) is 4.98 Å². The summed E-state index contributed by atoms with van der Waals surface area (Å²) in [6.45, 7) is 6.57. The van der Waals surface area contributed by atoms with Crippen LogP contribution < -0.4 is 5.73 Å². The Kier molecular flexibility index (Phi) is 4.68. The Morgan fingerprint density at radius 3 is 2.50 bits per heavy atom. The second kappa shape index (κ2) is 6.29. The maximum Gasteiger partial charge on any atom is 0.202 e. The number of hydrogen-bond acceptors (Lipinski definition) is 3. The molecule has 0 aliphatic carbocycles. The third-order valence-electron chi connectivity index (χ3n) is 3.98. The second-order valence-electron chi connectivity index (χ2n) is 5.52. The van der Waals surface area contributed by atoms with Crippen molar-refractivity contribution < 1.29 is 0 Å². The van der Waals surface area contributed by atoms with Crippen molar-refractivity contribution in [3.05, 3.63) is 5.69 Å². The summed E-state index contributed by atoms with van der Waals surface area (Å²) in [6, 6.07) is 0.435. The smallest absolute Gasteiger partial charge is 0.202 e. The summed E-state index contributed by atoms with van der Waals surface area (Å²) in [6.07, 6.45) is 6.79. The normalized spacial score (nSPS) is 13.2. The zero-order chi connectivity index (χ0) is 14.7. The van der Waals surface area contributed by atoms with E-state index in [0.717, 1.165) is 42.5 Å². The molecule has 0 aliphatic heterocycles. The molecule has 0 aromatic carbocycles. The molecule has 0 amide bonds. The number of rotatable bonds is 7. The molecule has 2 aromatic heterocycles. The molecule has 5 nitrogen and oxygen atoms in total. The number of hydrogen-bond donors (Lipinski definition) is 1. The largest absolute Gasteiger partial charge is 0.369 e. The maximum atomic E-state index is 6.20. The molecule has 112 valence electrons. The molecule has 20 heavy (non-hydrogen) atoms. The minimum Gasteiger partial charge on any atom is -0.369 e. The van der Waals surface area contributed by atoms with E-state index in [4.69, 9.17) is 5.73 Å². The molecule has 2 heterocycles. The van der Waals surface area contributed by atoms with E-state index in [0.29, 0.717) is 12.0 Å². The topological polar surface area (TPSA) is 61.7 Å². The number of unbranched alkanes of at least 4 members (excludes halogenated alkanes) is 1. The summed E-state index contributed by atoms with van der Waals surface area (Å²) in [4.78, 5) is 4.57.